The molecule has 0 saturated heterocycles. The molecule has 1 atom stereocenters. The first-order chi connectivity index (χ1) is 14.3. The van der Waals surface area contributed by atoms with E-state index in [4.69, 9.17) is 9.97 Å². The molecule has 3 aromatic heterocycles. The summed E-state index contributed by atoms with van der Waals surface area (Å²) in [5.74, 6) is 1.71. The third-order valence-electron chi connectivity index (χ3n) is 5.39. The van der Waals surface area contributed by atoms with Crippen LogP contribution in [0.1, 0.15) is 36.2 Å². The highest BCUT2D eigenvalue weighted by Gasteiger charge is 2.21. The number of benzene rings is 1. The molecule has 6 nitrogen and oxygen atoms in total. The maximum Gasteiger partial charge on any atom is 0.161 e. The Morgan fingerprint density at radius 1 is 0.966 bits per heavy atom. The van der Waals surface area contributed by atoms with Crippen molar-refractivity contribution in [1.82, 2.24) is 24.7 Å². The van der Waals surface area contributed by atoms with Crippen molar-refractivity contribution < 1.29 is 0 Å². The van der Waals surface area contributed by atoms with Gasteiger partial charge in [0.05, 0.1) is 5.69 Å². The Morgan fingerprint density at radius 2 is 1.79 bits per heavy atom. The number of aryl methyl sites for hydroxylation is 1. The maximum absolute atomic E-state index is 4.87. The Kier molecular flexibility index (Phi) is 4.52. The van der Waals surface area contributed by atoms with Crippen LogP contribution in [0.2, 0.25) is 0 Å². The molecular formula is C23H22N6. The molecule has 0 radical (unpaired) electrons. The number of rotatable bonds is 5. The Morgan fingerprint density at radius 3 is 2.55 bits per heavy atom. The molecule has 5 rings (SSSR count). The molecule has 1 N–H and O–H groups in total. The van der Waals surface area contributed by atoms with Crippen LogP contribution in [0.4, 0.5) is 5.82 Å². The van der Waals surface area contributed by atoms with Crippen LogP contribution >= 0.6 is 0 Å². The molecule has 0 spiro atoms. The quantitative estimate of drug-likeness (QED) is 0.554. The molecule has 1 aliphatic rings. The van der Waals surface area contributed by atoms with Crippen LogP contribution in [0.15, 0.2) is 67.3 Å². The van der Waals surface area contributed by atoms with Gasteiger partial charge in [0.15, 0.2) is 5.82 Å². The molecule has 0 amide bonds. The molecule has 0 saturated carbocycles. The molecule has 0 bridgehead atoms. The number of hydrogen-bond acceptors (Lipinski definition) is 5. The van der Waals surface area contributed by atoms with Gasteiger partial charge in [0.2, 0.25) is 0 Å². The van der Waals surface area contributed by atoms with Gasteiger partial charge in [0.1, 0.15) is 5.82 Å². The fourth-order valence-corrected chi connectivity index (χ4v) is 3.81. The molecule has 1 aromatic carbocycles. The zero-order chi connectivity index (χ0) is 19.6. The third-order valence-corrected chi connectivity index (χ3v) is 5.39. The van der Waals surface area contributed by atoms with Gasteiger partial charge in [0.25, 0.3) is 0 Å². The highest BCUT2D eigenvalue weighted by Crippen LogP contribution is 2.31. The van der Waals surface area contributed by atoms with Crippen molar-refractivity contribution in [3.8, 4) is 17.1 Å². The molecule has 144 valence electrons. The lowest BCUT2D eigenvalue weighted by molar-refractivity contribution is 0.853. The number of nitrogens with one attached hydrogen (secondary N) is 1. The number of hydrogen-bond donors (Lipinski definition) is 1. The van der Waals surface area contributed by atoms with E-state index in [-0.39, 0.29) is 6.04 Å². The highest BCUT2D eigenvalue weighted by atomic mass is 15.3. The monoisotopic (exact) mass is 382 g/mol. The number of nitrogens with zero attached hydrogens (tertiary/aromatic N) is 5. The van der Waals surface area contributed by atoms with Gasteiger partial charge in [0, 0.05) is 47.7 Å². The van der Waals surface area contributed by atoms with Crippen molar-refractivity contribution >= 4 is 5.82 Å². The van der Waals surface area contributed by atoms with Gasteiger partial charge in [-0.1, -0.05) is 12.1 Å². The number of pyridine rings is 1. The first-order valence-corrected chi connectivity index (χ1v) is 9.94. The van der Waals surface area contributed by atoms with E-state index in [1.807, 2.05) is 29.1 Å². The summed E-state index contributed by atoms with van der Waals surface area (Å²) in [5.41, 5.74) is 5.66. The minimum atomic E-state index is 0.131. The van der Waals surface area contributed by atoms with Crippen LogP contribution < -0.4 is 5.32 Å². The van der Waals surface area contributed by atoms with E-state index >= 15 is 0 Å². The summed E-state index contributed by atoms with van der Waals surface area (Å²) in [6.07, 6.45) is 10.5. The molecule has 3 heterocycles. The summed E-state index contributed by atoms with van der Waals surface area (Å²) in [7, 11) is 0. The second-order valence-corrected chi connectivity index (χ2v) is 7.32. The van der Waals surface area contributed by atoms with Crippen molar-refractivity contribution in [2.45, 2.75) is 32.2 Å². The third kappa shape index (κ3) is 3.49. The first kappa shape index (κ1) is 17.6. The lowest BCUT2D eigenvalue weighted by Crippen LogP contribution is -2.12. The van der Waals surface area contributed by atoms with Gasteiger partial charge in [-0.3, -0.25) is 4.98 Å². The Labute approximate surface area is 169 Å². The van der Waals surface area contributed by atoms with Gasteiger partial charge in [-0.15, -0.1) is 0 Å². The lowest BCUT2D eigenvalue weighted by Gasteiger charge is -2.18. The van der Waals surface area contributed by atoms with E-state index < -0.39 is 0 Å². The lowest BCUT2D eigenvalue weighted by atomic mass is 10.1. The summed E-state index contributed by atoms with van der Waals surface area (Å²) in [4.78, 5) is 13.8. The summed E-state index contributed by atoms with van der Waals surface area (Å²) < 4.78 is 1.86. The zero-order valence-corrected chi connectivity index (χ0v) is 16.3. The van der Waals surface area contributed by atoms with E-state index in [1.54, 1.807) is 18.6 Å². The highest BCUT2D eigenvalue weighted by molar-refractivity contribution is 5.60. The largest absolute Gasteiger partial charge is 0.363 e. The standard InChI is InChI=1S/C23H22N6/c1-16(17-6-8-19(9-7-17)29-15-3-12-25-29)26-23-20-4-2-5-21(20)27-22(28-23)18-10-13-24-14-11-18/h3,6-16H,2,4-5H2,1H3,(H,26,27,28). The van der Waals surface area contributed by atoms with Crippen molar-refractivity contribution in [3.05, 3.63) is 84.1 Å². The topological polar surface area (TPSA) is 68.5 Å². The van der Waals surface area contributed by atoms with Crippen molar-refractivity contribution in [3.63, 3.8) is 0 Å². The van der Waals surface area contributed by atoms with Crippen molar-refractivity contribution in [2.24, 2.45) is 0 Å². The average Bonchev–Trinajstić information content (AvgIpc) is 3.46. The van der Waals surface area contributed by atoms with E-state index in [1.165, 1.54) is 11.1 Å². The van der Waals surface area contributed by atoms with Gasteiger partial charge < -0.3 is 5.32 Å². The van der Waals surface area contributed by atoms with Crippen LogP contribution in [-0.2, 0) is 12.8 Å². The van der Waals surface area contributed by atoms with Gasteiger partial charge in [-0.2, -0.15) is 5.10 Å². The SMILES string of the molecule is CC(Nc1nc(-c2ccncc2)nc2c1CCC2)c1ccc(-n2cccn2)cc1. The second-order valence-electron chi connectivity index (χ2n) is 7.32. The van der Waals surface area contributed by atoms with Gasteiger partial charge >= 0.3 is 0 Å². The number of anilines is 1. The van der Waals surface area contributed by atoms with E-state index in [9.17, 15) is 0 Å². The predicted molar refractivity (Wildman–Crippen MR) is 113 cm³/mol. The fraction of sp³-hybridized carbons (Fsp3) is 0.217. The molecule has 0 fully saturated rings. The van der Waals surface area contributed by atoms with Crippen LogP contribution in [0.25, 0.3) is 17.1 Å². The molecular weight excluding hydrogens is 360 g/mol. The Balaban J connectivity index is 1.43. The summed E-state index contributed by atoms with van der Waals surface area (Å²) >= 11 is 0. The average molecular weight is 382 g/mol. The van der Waals surface area contributed by atoms with E-state index in [0.29, 0.717) is 0 Å². The maximum atomic E-state index is 4.87. The Bertz CT molecular complexity index is 1100. The summed E-state index contributed by atoms with van der Waals surface area (Å²) in [6, 6.07) is 14.4. The molecule has 6 heteroatoms. The van der Waals surface area contributed by atoms with Crippen LogP contribution in [0.3, 0.4) is 0 Å². The minimum Gasteiger partial charge on any atom is -0.363 e. The van der Waals surface area contributed by atoms with Crippen LogP contribution in [0, 0.1) is 0 Å². The van der Waals surface area contributed by atoms with E-state index in [2.05, 4.69) is 46.6 Å². The van der Waals surface area contributed by atoms with Crippen molar-refractivity contribution in [1.29, 1.82) is 0 Å². The van der Waals surface area contributed by atoms with Gasteiger partial charge in [-0.05, 0) is 62.1 Å². The number of aromatic nitrogens is 5. The Hall–Kier alpha value is -3.54. The van der Waals surface area contributed by atoms with Crippen molar-refractivity contribution in [2.75, 3.05) is 5.32 Å². The second kappa shape index (κ2) is 7.47. The fourth-order valence-electron chi connectivity index (χ4n) is 3.81. The van der Waals surface area contributed by atoms with E-state index in [0.717, 1.165) is 47.8 Å². The predicted octanol–water partition coefficient (Wildman–Crippen LogP) is 4.39. The zero-order valence-electron chi connectivity index (χ0n) is 16.3. The first-order valence-electron chi connectivity index (χ1n) is 9.94. The molecule has 1 unspecified atom stereocenters. The normalized spacial score (nSPS) is 13.8. The summed E-state index contributed by atoms with van der Waals surface area (Å²) in [6.45, 7) is 2.17. The minimum absolute atomic E-state index is 0.131. The molecule has 4 aromatic rings. The smallest absolute Gasteiger partial charge is 0.161 e. The summed E-state index contributed by atoms with van der Waals surface area (Å²) in [5, 5.41) is 7.92. The van der Waals surface area contributed by atoms with Crippen LogP contribution in [0.5, 0.6) is 0 Å². The molecule has 29 heavy (non-hydrogen) atoms. The molecule has 1 aliphatic carbocycles. The number of fused-ring (bicyclic) bond motifs is 1. The van der Waals surface area contributed by atoms with Crippen LogP contribution in [-0.4, -0.2) is 24.7 Å². The molecule has 0 aliphatic heterocycles. The van der Waals surface area contributed by atoms with Gasteiger partial charge in [-0.25, -0.2) is 14.6 Å².